The first kappa shape index (κ1) is 39.5. The van der Waals surface area contributed by atoms with Gasteiger partial charge in [0.2, 0.25) is 0 Å². The van der Waals surface area contributed by atoms with Gasteiger partial charge in [0.25, 0.3) is 0 Å². The number of nitrogens with one attached hydrogen (secondary N) is 1. The van der Waals surface area contributed by atoms with Crippen LogP contribution in [0, 0.1) is 29.6 Å². The molecule has 0 saturated carbocycles. The summed E-state index contributed by atoms with van der Waals surface area (Å²) in [5.74, 6) is -2.29. The maximum Gasteiger partial charge on any atom is 0.311 e. The highest BCUT2D eigenvalue weighted by Crippen LogP contribution is 2.38. The van der Waals surface area contributed by atoms with Gasteiger partial charge in [-0.05, 0) is 78.7 Å². The first-order valence-corrected chi connectivity index (χ1v) is 17.4. The van der Waals surface area contributed by atoms with Crippen LogP contribution in [-0.4, -0.2) is 118 Å². The standard InChI is InChI=1S/C34H63NO11/c1-10-26-34(9,41)29(38)22(6)35-16-18(2)15-33(8,40)30(46-32-25(37)12-11-13-42-32)20(4)28(21(5)31(39)44-26)45-27-14-19(3)24(17-36)23(7)43-27/h18-30,32,35-38,40-41H,10-17H2,1-9H3/t18-,19?,20+,21-,22-,23+,24?,25-,26-,27+,28+,29-,30-,32+,33-,34-/m1/s1. The molecule has 3 saturated heterocycles. The molecule has 16 atom stereocenters. The van der Waals surface area contributed by atoms with Crippen molar-refractivity contribution < 1.29 is 54.0 Å². The van der Waals surface area contributed by atoms with E-state index in [0.717, 1.165) is 0 Å². The van der Waals surface area contributed by atoms with Crippen LogP contribution in [0.25, 0.3) is 0 Å². The Labute approximate surface area is 275 Å². The molecular formula is C34H63NO11. The van der Waals surface area contributed by atoms with Crippen molar-refractivity contribution in [1.29, 1.82) is 0 Å². The molecule has 0 aromatic carbocycles. The van der Waals surface area contributed by atoms with E-state index in [0.29, 0.717) is 32.4 Å². The van der Waals surface area contributed by atoms with E-state index in [9.17, 15) is 30.3 Å². The SMILES string of the molecule is CC[C@H]1OC(=O)[C@H](C)[C@@H](O[C@H]2CC(C)C(CO)[C@H](C)O2)[C@H](C)[C@@H](O[C@@H]2OCCC[C@H]2O)[C@](C)(O)C[C@@H](C)CN[C@H](C)[C@@H](O)[C@]1(C)O. The molecule has 0 aromatic heterocycles. The Morgan fingerprint density at radius 2 is 1.72 bits per heavy atom. The predicted molar refractivity (Wildman–Crippen MR) is 170 cm³/mol. The highest BCUT2D eigenvalue weighted by atomic mass is 16.7. The highest BCUT2D eigenvalue weighted by molar-refractivity contribution is 5.73. The van der Waals surface area contributed by atoms with E-state index < -0.39 is 78.1 Å². The van der Waals surface area contributed by atoms with E-state index in [2.05, 4.69) is 5.32 Å². The molecule has 3 fully saturated rings. The Balaban J connectivity index is 2.07. The molecule has 0 spiro atoms. The third kappa shape index (κ3) is 9.40. The lowest BCUT2D eigenvalue weighted by Gasteiger charge is -2.46. The Kier molecular flexibility index (Phi) is 14.3. The lowest BCUT2D eigenvalue weighted by atomic mass is 9.77. The quantitative estimate of drug-likeness (QED) is 0.229. The zero-order chi connectivity index (χ0) is 34.6. The molecule has 12 heteroatoms. The van der Waals surface area contributed by atoms with Crippen molar-refractivity contribution in [3.63, 3.8) is 0 Å². The molecule has 0 aliphatic carbocycles. The third-order valence-electron chi connectivity index (χ3n) is 10.7. The summed E-state index contributed by atoms with van der Waals surface area (Å²) in [5.41, 5.74) is -3.23. The fourth-order valence-corrected chi connectivity index (χ4v) is 7.73. The Morgan fingerprint density at radius 1 is 1.04 bits per heavy atom. The van der Waals surface area contributed by atoms with Crippen LogP contribution in [0.5, 0.6) is 0 Å². The second kappa shape index (κ2) is 16.7. The van der Waals surface area contributed by atoms with E-state index >= 15 is 0 Å². The van der Waals surface area contributed by atoms with Gasteiger partial charge in [-0.15, -0.1) is 0 Å². The zero-order valence-corrected chi connectivity index (χ0v) is 29.4. The molecule has 3 heterocycles. The number of carbonyl (C=O) groups excluding carboxylic acids is 1. The minimum Gasteiger partial charge on any atom is -0.459 e. The molecule has 270 valence electrons. The molecule has 3 rings (SSSR count). The molecule has 3 aliphatic rings. The number of hydrogen-bond donors (Lipinski definition) is 6. The summed E-state index contributed by atoms with van der Waals surface area (Å²) in [6.07, 6.45) is -4.81. The smallest absolute Gasteiger partial charge is 0.311 e. The molecule has 0 radical (unpaired) electrons. The van der Waals surface area contributed by atoms with Gasteiger partial charge in [0, 0.05) is 37.5 Å². The first-order chi connectivity index (χ1) is 21.4. The van der Waals surface area contributed by atoms with Crippen LogP contribution in [0.1, 0.15) is 94.4 Å². The lowest BCUT2D eigenvalue weighted by molar-refractivity contribution is -0.293. The number of esters is 1. The topological polar surface area (TPSA) is 176 Å². The van der Waals surface area contributed by atoms with E-state index in [4.69, 9.17) is 23.7 Å². The van der Waals surface area contributed by atoms with Crippen molar-refractivity contribution in [2.45, 2.75) is 161 Å². The zero-order valence-electron chi connectivity index (χ0n) is 29.4. The van der Waals surface area contributed by atoms with Gasteiger partial charge < -0.3 is 54.5 Å². The summed E-state index contributed by atoms with van der Waals surface area (Å²) >= 11 is 0. The van der Waals surface area contributed by atoms with Crippen LogP contribution < -0.4 is 5.32 Å². The molecule has 12 nitrogen and oxygen atoms in total. The molecule has 0 bridgehead atoms. The summed E-state index contributed by atoms with van der Waals surface area (Å²) in [4.78, 5) is 13.9. The normalized spacial score (nSPS) is 49.0. The van der Waals surface area contributed by atoms with Gasteiger partial charge in [0.15, 0.2) is 12.6 Å². The van der Waals surface area contributed by atoms with E-state index in [-0.39, 0.29) is 43.3 Å². The van der Waals surface area contributed by atoms with Gasteiger partial charge in [-0.2, -0.15) is 0 Å². The number of ether oxygens (including phenoxy) is 5. The maximum absolute atomic E-state index is 13.9. The first-order valence-electron chi connectivity index (χ1n) is 17.4. The van der Waals surface area contributed by atoms with Gasteiger partial charge in [0.05, 0.1) is 29.8 Å². The molecular weight excluding hydrogens is 598 g/mol. The van der Waals surface area contributed by atoms with Crippen LogP contribution in [0.15, 0.2) is 0 Å². The molecule has 46 heavy (non-hydrogen) atoms. The van der Waals surface area contributed by atoms with E-state index in [1.807, 2.05) is 27.7 Å². The maximum atomic E-state index is 13.9. The second-order valence-electron chi connectivity index (χ2n) is 15.0. The second-order valence-corrected chi connectivity index (χ2v) is 15.0. The van der Waals surface area contributed by atoms with Crippen molar-refractivity contribution in [1.82, 2.24) is 5.32 Å². The summed E-state index contributed by atoms with van der Waals surface area (Å²) in [7, 11) is 0. The summed E-state index contributed by atoms with van der Waals surface area (Å²) in [6.45, 7) is 16.9. The van der Waals surface area contributed by atoms with Crippen molar-refractivity contribution in [2.24, 2.45) is 29.6 Å². The minimum atomic E-state index is -1.76. The highest BCUT2D eigenvalue weighted by Gasteiger charge is 2.50. The molecule has 3 aliphatic heterocycles. The molecule has 6 N–H and O–H groups in total. The van der Waals surface area contributed by atoms with Gasteiger partial charge in [-0.3, -0.25) is 4.79 Å². The van der Waals surface area contributed by atoms with Gasteiger partial charge in [-0.25, -0.2) is 0 Å². The van der Waals surface area contributed by atoms with Crippen LogP contribution >= 0.6 is 0 Å². The number of carbonyl (C=O) groups is 1. The third-order valence-corrected chi connectivity index (χ3v) is 10.7. The lowest BCUT2D eigenvalue weighted by Crippen LogP contribution is -2.58. The van der Waals surface area contributed by atoms with Crippen LogP contribution in [0.4, 0.5) is 0 Å². The minimum absolute atomic E-state index is 0.0179. The van der Waals surface area contributed by atoms with Crippen molar-refractivity contribution in [2.75, 3.05) is 19.8 Å². The van der Waals surface area contributed by atoms with Crippen molar-refractivity contribution >= 4 is 5.97 Å². The fourth-order valence-electron chi connectivity index (χ4n) is 7.73. The fraction of sp³-hybridized carbons (Fsp3) is 0.971. The summed E-state index contributed by atoms with van der Waals surface area (Å²) in [5, 5.41) is 58.8. The van der Waals surface area contributed by atoms with E-state index in [1.165, 1.54) is 6.92 Å². The largest absolute Gasteiger partial charge is 0.459 e. The van der Waals surface area contributed by atoms with Gasteiger partial charge in [-0.1, -0.05) is 27.7 Å². The number of cyclic esters (lactones) is 1. The van der Waals surface area contributed by atoms with Crippen molar-refractivity contribution in [3.8, 4) is 0 Å². The van der Waals surface area contributed by atoms with Gasteiger partial charge >= 0.3 is 5.97 Å². The number of hydrogen-bond acceptors (Lipinski definition) is 12. The van der Waals surface area contributed by atoms with Crippen molar-refractivity contribution in [3.05, 3.63) is 0 Å². The average molecular weight is 662 g/mol. The van der Waals surface area contributed by atoms with Crippen LogP contribution in [0.3, 0.4) is 0 Å². The average Bonchev–Trinajstić information content (AvgIpc) is 2.98. The molecule has 0 amide bonds. The van der Waals surface area contributed by atoms with Gasteiger partial charge in [0.1, 0.15) is 23.9 Å². The van der Waals surface area contributed by atoms with Crippen LogP contribution in [0.2, 0.25) is 0 Å². The number of aliphatic hydroxyl groups excluding tert-OH is 3. The Hall–Kier alpha value is -0.930. The summed E-state index contributed by atoms with van der Waals surface area (Å²) < 4.78 is 31.1. The van der Waals surface area contributed by atoms with Crippen LogP contribution in [-0.2, 0) is 28.5 Å². The molecule has 2 unspecified atom stereocenters. The number of rotatable bonds is 6. The number of aliphatic hydroxyl groups is 5. The Morgan fingerprint density at radius 3 is 2.30 bits per heavy atom. The predicted octanol–water partition coefficient (Wildman–Crippen LogP) is 2.11. The monoisotopic (exact) mass is 661 g/mol. The Bertz CT molecular complexity index is 938. The summed E-state index contributed by atoms with van der Waals surface area (Å²) in [6, 6.07) is -0.555. The van der Waals surface area contributed by atoms with E-state index in [1.54, 1.807) is 27.7 Å². The molecule has 0 aromatic rings.